The lowest BCUT2D eigenvalue weighted by Crippen LogP contribution is -2.50. The Labute approximate surface area is 199 Å². The maximum Gasteiger partial charge on any atom is 0.422 e. The topological polar surface area (TPSA) is 71.0 Å². The van der Waals surface area contributed by atoms with Crippen LogP contribution in [0.2, 0.25) is 0 Å². The van der Waals surface area contributed by atoms with E-state index in [4.69, 9.17) is 9.47 Å². The third-order valence-electron chi connectivity index (χ3n) is 4.29. The van der Waals surface area contributed by atoms with Crippen LogP contribution < -0.4 is 15.4 Å². The van der Waals surface area contributed by atoms with E-state index in [0.29, 0.717) is 37.1 Å². The normalized spacial score (nSPS) is 17.9. The van der Waals surface area contributed by atoms with Gasteiger partial charge in [0.25, 0.3) is 0 Å². The number of guanidine groups is 1. The Morgan fingerprint density at radius 3 is 2.84 bits per heavy atom. The van der Waals surface area contributed by atoms with E-state index < -0.39 is 12.8 Å². The third kappa shape index (κ3) is 11.7. The van der Waals surface area contributed by atoms with E-state index in [-0.39, 0.29) is 42.5 Å². The number of rotatable bonds is 9. The van der Waals surface area contributed by atoms with Crippen molar-refractivity contribution in [2.24, 2.45) is 10.9 Å². The zero-order valence-corrected chi connectivity index (χ0v) is 20.6. The van der Waals surface area contributed by atoms with Gasteiger partial charge in [0, 0.05) is 45.0 Å². The van der Waals surface area contributed by atoms with Crippen molar-refractivity contribution < 1.29 is 22.6 Å². The van der Waals surface area contributed by atoms with Crippen LogP contribution in [0, 0.1) is 5.92 Å². The van der Waals surface area contributed by atoms with E-state index in [0.717, 1.165) is 19.6 Å². The Morgan fingerprint density at radius 2 is 2.16 bits per heavy atom. The number of morpholine rings is 1. The molecule has 1 aliphatic rings. The van der Waals surface area contributed by atoms with E-state index in [1.807, 2.05) is 6.92 Å². The quantitative estimate of drug-likeness (QED) is 0.276. The Morgan fingerprint density at radius 1 is 1.39 bits per heavy atom. The summed E-state index contributed by atoms with van der Waals surface area (Å²) in [6.07, 6.45) is -2.91. The molecule has 0 aliphatic carbocycles. The molecule has 178 valence electrons. The van der Waals surface area contributed by atoms with Gasteiger partial charge in [0.15, 0.2) is 12.6 Å². The average Bonchev–Trinajstić information content (AvgIpc) is 2.68. The average molecular weight is 559 g/mol. The second kappa shape index (κ2) is 13.9. The number of hydrogen-bond acceptors (Lipinski definition) is 5. The van der Waals surface area contributed by atoms with E-state index in [9.17, 15) is 13.2 Å². The van der Waals surface area contributed by atoms with Gasteiger partial charge in [-0.05, 0) is 24.5 Å². The first kappa shape index (κ1) is 27.7. The van der Waals surface area contributed by atoms with Crippen molar-refractivity contribution in [3.63, 3.8) is 0 Å². The number of halogens is 4. The minimum atomic E-state index is -4.40. The van der Waals surface area contributed by atoms with Crippen LogP contribution in [-0.4, -0.2) is 74.1 Å². The van der Waals surface area contributed by atoms with Crippen LogP contribution >= 0.6 is 24.0 Å². The van der Waals surface area contributed by atoms with Crippen molar-refractivity contribution in [3.05, 3.63) is 23.9 Å². The third-order valence-corrected chi connectivity index (χ3v) is 4.29. The molecule has 7 nitrogen and oxygen atoms in total. The van der Waals surface area contributed by atoms with Gasteiger partial charge < -0.3 is 20.1 Å². The summed E-state index contributed by atoms with van der Waals surface area (Å²) in [6.45, 7) is 10.2. The number of hydrogen-bond donors (Lipinski definition) is 2. The molecule has 1 atom stereocenters. The lowest BCUT2D eigenvalue weighted by atomic mass is 10.2. The zero-order valence-electron chi connectivity index (χ0n) is 18.2. The molecular weight excluding hydrogens is 526 g/mol. The lowest BCUT2D eigenvalue weighted by Gasteiger charge is -2.34. The maximum absolute atomic E-state index is 12.3. The van der Waals surface area contributed by atoms with Gasteiger partial charge in [0.1, 0.15) is 0 Å². The van der Waals surface area contributed by atoms with Crippen LogP contribution in [0.4, 0.5) is 13.2 Å². The molecule has 1 saturated heterocycles. The lowest BCUT2D eigenvalue weighted by molar-refractivity contribution is -0.154. The monoisotopic (exact) mass is 559 g/mol. The molecule has 1 aliphatic heterocycles. The molecule has 2 N–H and O–H groups in total. The van der Waals surface area contributed by atoms with Gasteiger partial charge in [-0.25, -0.2) is 9.98 Å². The number of ether oxygens (including phenoxy) is 2. The maximum atomic E-state index is 12.3. The summed E-state index contributed by atoms with van der Waals surface area (Å²) in [5.41, 5.74) is 0.705. The fraction of sp³-hybridized carbons (Fsp3) is 0.700. The summed E-state index contributed by atoms with van der Waals surface area (Å²) in [5.74, 6) is 1.16. The smallest absolute Gasteiger partial charge is 0.422 e. The summed E-state index contributed by atoms with van der Waals surface area (Å²) in [4.78, 5) is 10.7. The molecule has 0 saturated carbocycles. The van der Waals surface area contributed by atoms with Gasteiger partial charge in [0.2, 0.25) is 5.88 Å². The van der Waals surface area contributed by atoms with Crippen LogP contribution in [-0.2, 0) is 11.3 Å². The summed E-state index contributed by atoms with van der Waals surface area (Å²) in [5, 5.41) is 6.46. The summed E-state index contributed by atoms with van der Waals surface area (Å²) in [7, 11) is 0. The first-order chi connectivity index (χ1) is 14.2. The summed E-state index contributed by atoms with van der Waals surface area (Å²) < 4.78 is 47.4. The Hall–Kier alpha value is -1.34. The SMILES string of the molecule is CCNC(=NCc1ccnc(OCC(F)(F)F)c1)NCC1CN(CC(C)C)CCO1.I. The van der Waals surface area contributed by atoms with Gasteiger partial charge in [-0.15, -0.1) is 24.0 Å². The molecule has 2 heterocycles. The van der Waals surface area contributed by atoms with Gasteiger partial charge in [-0.1, -0.05) is 13.8 Å². The molecule has 0 radical (unpaired) electrons. The number of aromatic nitrogens is 1. The number of aliphatic imine (C=N–C) groups is 1. The molecular formula is C20H33F3IN5O2. The van der Waals surface area contributed by atoms with E-state index >= 15 is 0 Å². The minimum absolute atomic E-state index is 0. The molecule has 0 spiro atoms. The molecule has 1 aromatic rings. The highest BCUT2D eigenvalue weighted by Crippen LogP contribution is 2.17. The van der Waals surface area contributed by atoms with Gasteiger partial charge >= 0.3 is 6.18 Å². The number of nitrogens with zero attached hydrogens (tertiary/aromatic N) is 3. The number of alkyl halides is 3. The zero-order chi connectivity index (χ0) is 22.0. The molecule has 1 fully saturated rings. The van der Waals surface area contributed by atoms with Gasteiger partial charge in [-0.3, -0.25) is 4.90 Å². The van der Waals surface area contributed by atoms with Crippen molar-refractivity contribution in [2.45, 2.75) is 39.6 Å². The van der Waals surface area contributed by atoms with Crippen LogP contribution in [0.3, 0.4) is 0 Å². The van der Waals surface area contributed by atoms with Crippen molar-refractivity contribution >= 4 is 29.9 Å². The molecule has 0 bridgehead atoms. The van der Waals surface area contributed by atoms with Crippen LogP contribution in [0.5, 0.6) is 5.88 Å². The van der Waals surface area contributed by atoms with E-state index in [1.165, 1.54) is 12.3 Å². The molecule has 0 aromatic carbocycles. The summed E-state index contributed by atoms with van der Waals surface area (Å²) >= 11 is 0. The molecule has 0 amide bonds. The Kier molecular flexibility index (Phi) is 12.5. The first-order valence-electron chi connectivity index (χ1n) is 10.3. The first-order valence-corrected chi connectivity index (χ1v) is 10.3. The molecule has 31 heavy (non-hydrogen) atoms. The predicted octanol–water partition coefficient (Wildman–Crippen LogP) is 3.05. The van der Waals surface area contributed by atoms with Gasteiger partial charge in [0.05, 0.1) is 19.3 Å². The van der Waals surface area contributed by atoms with Crippen molar-refractivity contribution in [3.8, 4) is 5.88 Å². The Balaban J connectivity index is 0.00000480. The number of pyridine rings is 1. The van der Waals surface area contributed by atoms with E-state index in [2.05, 4.69) is 39.4 Å². The van der Waals surface area contributed by atoms with Gasteiger partial charge in [-0.2, -0.15) is 13.2 Å². The van der Waals surface area contributed by atoms with Crippen molar-refractivity contribution in [1.29, 1.82) is 0 Å². The van der Waals surface area contributed by atoms with Crippen molar-refractivity contribution in [1.82, 2.24) is 20.5 Å². The standard InChI is InChI=1S/C20H32F3N5O2.HI/c1-4-24-19(27-11-17-13-28(7-8-29-17)12-15(2)3)26-10-16-5-6-25-18(9-16)30-14-20(21,22)23;/h5-6,9,15,17H,4,7-8,10-14H2,1-3H3,(H2,24,26,27);1H. The molecule has 11 heteroatoms. The second-order valence-electron chi connectivity index (χ2n) is 7.63. The minimum Gasteiger partial charge on any atom is -0.468 e. The molecule has 1 aromatic heterocycles. The van der Waals surface area contributed by atoms with Crippen molar-refractivity contribution in [2.75, 3.05) is 45.9 Å². The fourth-order valence-corrected chi connectivity index (χ4v) is 3.09. The molecule has 1 unspecified atom stereocenters. The largest absolute Gasteiger partial charge is 0.468 e. The van der Waals surface area contributed by atoms with E-state index in [1.54, 1.807) is 6.07 Å². The Bertz CT molecular complexity index is 676. The van der Waals surface area contributed by atoms with Crippen LogP contribution in [0.15, 0.2) is 23.3 Å². The number of nitrogens with one attached hydrogen (secondary N) is 2. The van der Waals surface area contributed by atoms with Crippen LogP contribution in [0.1, 0.15) is 26.3 Å². The predicted molar refractivity (Wildman–Crippen MR) is 125 cm³/mol. The highest BCUT2D eigenvalue weighted by Gasteiger charge is 2.28. The second-order valence-corrected chi connectivity index (χ2v) is 7.63. The fourth-order valence-electron chi connectivity index (χ4n) is 3.09. The highest BCUT2D eigenvalue weighted by molar-refractivity contribution is 14.0. The van der Waals surface area contributed by atoms with Crippen LogP contribution in [0.25, 0.3) is 0 Å². The molecule has 2 rings (SSSR count). The highest BCUT2D eigenvalue weighted by atomic mass is 127. The summed E-state index contributed by atoms with van der Waals surface area (Å²) in [6, 6.07) is 3.16.